The quantitative estimate of drug-likeness (QED) is 0.829. The van der Waals surface area contributed by atoms with Crippen LogP contribution in [-0.4, -0.2) is 20.7 Å². The maximum atomic E-state index is 12.1. The molecule has 4 heteroatoms. The summed E-state index contributed by atoms with van der Waals surface area (Å²) in [5.41, 5.74) is 1.51. The van der Waals surface area contributed by atoms with Crippen molar-refractivity contribution >= 4 is 5.91 Å². The van der Waals surface area contributed by atoms with Gasteiger partial charge >= 0.3 is 0 Å². The Hall–Kier alpha value is -1.97. The van der Waals surface area contributed by atoms with Gasteiger partial charge < -0.3 is 0 Å². The van der Waals surface area contributed by atoms with Gasteiger partial charge in [-0.2, -0.15) is 5.10 Å². The Morgan fingerprint density at radius 2 is 2.17 bits per heavy atom. The first-order valence-corrected chi connectivity index (χ1v) is 6.23. The summed E-state index contributed by atoms with van der Waals surface area (Å²) in [5.74, 6) is 0.0468. The monoisotopic (exact) mass is 243 g/mol. The molecule has 0 radical (unpaired) electrons. The zero-order valence-corrected chi connectivity index (χ0v) is 10.7. The molecule has 0 aliphatic heterocycles. The molecule has 0 fully saturated rings. The number of carbonyl (C=O) groups excluding carboxylic acids is 1. The first-order valence-electron chi connectivity index (χ1n) is 6.23. The van der Waals surface area contributed by atoms with Crippen LogP contribution >= 0.6 is 0 Å². The highest BCUT2D eigenvalue weighted by molar-refractivity contribution is 5.80. The lowest BCUT2D eigenvalue weighted by molar-refractivity contribution is 0.0821. The van der Waals surface area contributed by atoms with E-state index in [1.807, 2.05) is 31.2 Å². The van der Waals surface area contributed by atoms with Crippen LogP contribution in [0.4, 0.5) is 0 Å². The Balaban J connectivity index is 2.18. The average molecular weight is 243 g/mol. The van der Waals surface area contributed by atoms with Gasteiger partial charge in [-0.15, -0.1) is 0 Å². The highest BCUT2D eigenvalue weighted by Crippen LogP contribution is 2.14. The SMILES string of the molecule is CCC[C@@H](C)C(=O)n1ccc(-c2ccccn2)n1. The van der Waals surface area contributed by atoms with Crippen LogP contribution in [0.1, 0.15) is 31.5 Å². The standard InChI is InChI=1S/C14H17N3O/c1-3-6-11(2)14(18)17-10-8-13(16-17)12-7-4-5-9-15-12/h4-5,7-11H,3,6H2,1-2H3/t11-/m1/s1. The maximum Gasteiger partial charge on any atom is 0.249 e. The number of rotatable bonds is 4. The van der Waals surface area contributed by atoms with E-state index in [1.54, 1.807) is 12.4 Å². The number of pyridine rings is 1. The van der Waals surface area contributed by atoms with Crippen molar-refractivity contribution in [2.75, 3.05) is 0 Å². The molecule has 2 aromatic heterocycles. The van der Waals surface area contributed by atoms with E-state index in [2.05, 4.69) is 17.0 Å². The van der Waals surface area contributed by atoms with E-state index in [4.69, 9.17) is 0 Å². The number of hydrogen-bond acceptors (Lipinski definition) is 3. The zero-order valence-electron chi connectivity index (χ0n) is 10.7. The third kappa shape index (κ3) is 2.64. The van der Waals surface area contributed by atoms with Crippen LogP contribution in [0.3, 0.4) is 0 Å². The molecule has 0 unspecified atom stereocenters. The first kappa shape index (κ1) is 12.5. The fraction of sp³-hybridized carbons (Fsp3) is 0.357. The van der Waals surface area contributed by atoms with Crippen LogP contribution in [0.2, 0.25) is 0 Å². The third-order valence-electron chi connectivity index (χ3n) is 2.89. The molecule has 2 aromatic rings. The van der Waals surface area contributed by atoms with E-state index in [-0.39, 0.29) is 11.8 Å². The molecule has 2 rings (SSSR count). The second kappa shape index (κ2) is 5.58. The second-order valence-electron chi connectivity index (χ2n) is 4.39. The molecule has 4 nitrogen and oxygen atoms in total. The van der Waals surface area contributed by atoms with Crippen LogP contribution in [-0.2, 0) is 0 Å². The van der Waals surface area contributed by atoms with Gasteiger partial charge in [0.1, 0.15) is 5.69 Å². The van der Waals surface area contributed by atoms with Crippen molar-refractivity contribution < 1.29 is 4.79 Å². The summed E-state index contributed by atoms with van der Waals surface area (Å²) in [4.78, 5) is 16.3. The third-order valence-corrected chi connectivity index (χ3v) is 2.89. The summed E-state index contributed by atoms with van der Waals surface area (Å²) in [6.45, 7) is 4.01. The van der Waals surface area contributed by atoms with Gasteiger partial charge in [-0.3, -0.25) is 9.78 Å². The molecule has 1 atom stereocenters. The minimum atomic E-state index is 0.00600. The Morgan fingerprint density at radius 1 is 1.33 bits per heavy atom. The molecule has 0 N–H and O–H groups in total. The summed E-state index contributed by atoms with van der Waals surface area (Å²) >= 11 is 0. The van der Waals surface area contributed by atoms with E-state index < -0.39 is 0 Å². The van der Waals surface area contributed by atoms with E-state index in [9.17, 15) is 4.79 Å². The largest absolute Gasteiger partial charge is 0.272 e. The number of hydrogen-bond donors (Lipinski definition) is 0. The lowest BCUT2D eigenvalue weighted by atomic mass is 10.1. The Bertz CT molecular complexity index is 519. The van der Waals surface area contributed by atoms with E-state index in [0.29, 0.717) is 0 Å². The fourth-order valence-corrected chi connectivity index (χ4v) is 1.88. The number of nitrogens with zero attached hydrogens (tertiary/aromatic N) is 3. The van der Waals surface area contributed by atoms with Gasteiger partial charge in [-0.05, 0) is 24.6 Å². The molecular weight excluding hydrogens is 226 g/mol. The molecule has 0 saturated heterocycles. The van der Waals surface area contributed by atoms with Gasteiger partial charge in [0, 0.05) is 18.3 Å². The lowest BCUT2D eigenvalue weighted by Crippen LogP contribution is -2.19. The molecule has 0 aliphatic rings. The van der Waals surface area contributed by atoms with E-state index in [0.717, 1.165) is 24.2 Å². The van der Waals surface area contributed by atoms with E-state index >= 15 is 0 Å². The van der Waals surface area contributed by atoms with Crippen molar-refractivity contribution in [1.29, 1.82) is 0 Å². The molecule has 2 heterocycles. The molecule has 18 heavy (non-hydrogen) atoms. The highest BCUT2D eigenvalue weighted by Gasteiger charge is 2.15. The van der Waals surface area contributed by atoms with Gasteiger partial charge in [-0.25, -0.2) is 4.68 Å². The van der Waals surface area contributed by atoms with Gasteiger partial charge in [0.15, 0.2) is 0 Å². The molecule has 0 aliphatic carbocycles. The molecule has 0 aromatic carbocycles. The Labute approximate surface area is 107 Å². The first-order chi connectivity index (χ1) is 8.72. The zero-order chi connectivity index (χ0) is 13.0. The highest BCUT2D eigenvalue weighted by atomic mass is 16.2. The van der Waals surface area contributed by atoms with Crippen molar-refractivity contribution in [3.8, 4) is 11.4 Å². The average Bonchev–Trinajstić information content (AvgIpc) is 2.89. The number of carbonyl (C=O) groups is 1. The summed E-state index contributed by atoms with van der Waals surface area (Å²) in [5, 5.41) is 4.29. The van der Waals surface area contributed by atoms with E-state index in [1.165, 1.54) is 4.68 Å². The van der Waals surface area contributed by atoms with Gasteiger partial charge in [-0.1, -0.05) is 26.3 Å². The van der Waals surface area contributed by atoms with Crippen LogP contribution in [0.25, 0.3) is 11.4 Å². The predicted octanol–water partition coefficient (Wildman–Crippen LogP) is 3.02. The second-order valence-corrected chi connectivity index (χ2v) is 4.39. The summed E-state index contributed by atoms with van der Waals surface area (Å²) in [6.07, 6.45) is 5.31. The van der Waals surface area contributed by atoms with Crippen LogP contribution in [0, 0.1) is 5.92 Å². The van der Waals surface area contributed by atoms with Crippen LogP contribution in [0.15, 0.2) is 36.7 Å². The van der Waals surface area contributed by atoms with Gasteiger partial charge in [0.2, 0.25) is 5.91 Å². The minimum Gasteiger partial charge on any atom is -0.272 e. The number of aromatic nitrogens is 3. The Morgan fingerprint density at radius 3 is 2.83 bits per heavy atom. The van der Waals surface area contributed by atoms with Crippen molar-refractivity contribution in [3.05, 3.63) is 36.7 Å². The fourth-order valence-electron chi connectivity index (χ4n) is 1.88. The topological polar surface area (TPSA) is 47.8 Å². The molecule has 0 spiro atoms. The summed E-state index contributed by atoms with van der Waals surface area (Å²) in [7, 11) is 0. The van der Waals surface area contributed by atoms with Crippen LogP contribution < -0.4 is 0 Å². The van der Waals surface area contributed by atoms with Crippen molar-refractivity contribution in [3.63, 3.8) is 0 Å². The van der Waals surface area contributed by atoms with Gasteiger partial charge in [0.05, 0.1) is 5.69 Å². The lowest BCUT2D eigenvalue weighted by Gasteiger charge is -2.07. The summed E-state index contributed by atoms with van der Waals surface area (Å²) < 4.78 is 1.42. The maximum absolute atomic E-state index is 12.1. The Kier molecular flexibility index (Phi) is 3.87. The summed E-state index contributed by atoms with van der Waals surface area (Å²) in [6, 6.07) is 7.46. The molecular formula is C14H17N3O. The van der Waals surface area contributed by atoms with Gasteiger partial charge in [0.25, 0.3) is 0 Å². The van der Waals surface area contributed by atoms with Crippen LogP contribution in [0.5, 0.6) is 0 Å². The molecule has 94 valence electrons. The normalized spacial score (nSPS) is 12.3. The van der Waals surface area contributed by atoms with Crippen molar-refractivity contribution in [2.45, 2.75) is 26.7 Å². The van der Waals surface area contributed by atoms with Crippen molar-refractivity contribution in [1.82, 2.24) is 14.8 Å². The predicted molar refractivity (Wildman–Crippen MR) is 70.2 cm³/mol. The molecule has 0 amide bonds. The minimum absolute atomic E-state index is 0.00600. The smallest absolute Gasteiger partial charge is 0.249 e. The molecule has 0 saturated carbocycles. The molecule has 0 bridgehead atoms. The van der Waals surface area contributed by atoms with Crippen molar-refractivity contribution in [2.24, 2.45) is 5.92 Å².